The van der Waals surface area contributed by atoms with E-state index in [2.05, 4.69) is 23.0 Å². The van der Waals surface area contributed by atoms with Gasteiger partial charge in [-0.3, -0.25) is 4.90 Å². The van der Waals surface area contributed by atoms with Crippen LogP contribution in [0.15, 0.2) is 24.5 Å². The fraction of sp³-hybridized carbons (Fsp3) is 0.529. The number of methoxy groups -OCH3 is 2. The Balaban J connectivity index is 1.85. The van der Waals surface area contributed by atoms with Gasteiger partial charge in [-0.25, -0.2) is 4.68 Å². The Morgan fingerprint density at radius 3 is 2.79 bits per heavy atom. The summed E-state index contributed by atoms with van der Waals surface area (Å²) >= 11 is 5.49. The van der Waals surface area contributed by atoms with Crippen molar-refractivity contribution >= 4 is 12.2 Å². The van der Waals surface area contributed by atoms with Gasteiger partial charge in [-0.15, -0.1) is 0 Å². The molecule has 1 saturated heterocycles. The predicted octanol–water partition coefficient (Wildman–Crippen LogP) is 3.25. The summed E-state index contributed by atoms with van der Waals surface area (Å²) in [5, 5.41) is 4.43. The van der Waals surface area contributed by atoms with Crippen molar-refractivity contribution in [3.63, 3.8) is 0 Å². The quantitative estimate of drug-likeness (QED) is 0.750. The standard InChI is InChI=1S/C17H24N4O2S/c1-4-19-11-18-21(17(19)24)12-20-9-5-6-15(20)14-8-7-13(22-2)10-16(14)23-3/h7-8,10-11,15H,4-6,9,12H2,1-3H3/t15-/m0/s1. The summed E-state index contributed by atoms with van der Waals surface area (Å²) in [6.45, 7) is 4.64. The van der Waals surface area contributed by atoms with Crippen LogP contribution in [0.5, 0.6) is 11.5 Å². The summed E-state index contributed by atoms with van der Waals surface area (Å²) in [5.74, 6) is 1.68. The lowest BCUT2D eigenvalue weighted by Gasteiger charge is -2.26. The third-order valence-electron chi connectivity index (χ3n) is 4.62. The third kappa shape index (κ3) is 3.18. The van der Waals surface area contributed by atoms with E-state index >= 15 is 0 Å². The van der Waals surface area contributed by atoms with Gasteiger partial charge in [-0.05, 0) is 38.0 Å². The number of hydrogen-bond donors (Lipinski definition) is 0. The number of likely N-dealkylation sites (tertiary alicyclic amines) is 1. The molecule has 2 aromatic rings. The number of rotatable bonds is 6. The van der Waals surface area contributed by atoms with Gasteiger partial charge < -0.3 is 14.0 Å². The van der Waals surface area contributed by atoms with Gasteiger partial charge in [0.2, 0.25) is 0 Å². The van der Waals surface area contributed by atoms with E-state index in [-0.39, 0.29) is 0 Å². The molecule has 1 aliphatic heterocycles. The first-order chi connectivity index (χ1) is 11.7. The van der Waals surface area contributed by atoms with Crippen molar-refractivity contribution in [3.05, 3.63) is 34.9 Å². The first kappa shape index (κ1) is 17.0. The molecule has 6 nitrogen and oxygen atoms in total. The molecule has 2 heterocycles. The van der Waals surface area contributed by atoms with Crippen molar-refractivity contribution in [3.8, 4) is 11.5 Å². The molecular weight excluding hydrogens is 324 g/mol. The van der Waals surface area contributed by atoms with Gasteiger partial charge in [0.15, 0.2) is 4.77 Å². The molecule has 24 heavy (non-hydrogen) atoms. The maximum absolute atomic E-state index is 5.59. The van der Waals surface area contributed by atoms with Crippen molar-refractivity contribution in [1.82, 2.24) is 19.2 Å². The molecule has 0 spiro atoms. The van der Waals surface area contributed by atoms with E-state index in [0.29, 0.717) is 12.7 Å². The second-order valence-corrected chi connectivity index (χ2v) is 6.28. The van der Waals surface area contributed by atoms with Gasteiger partial charge in [0.05, 0.1) is 20.9 Å². The molecule has 0 unspecified atom stereocenters. The SMILES string of the molecule is CCn1cnn(CN2CCC[C@H]2c2ccc(OC)cc2OC)c1=S. The maximum Gasteiger partial charge on any atom is 0.198 e. The predicted molar refractivity (Wildman–Crippen MR) is 95.0 cm³/mol. The van der Waals surface area contributed by atoms with E-state index in [1.807, 2.05) is 21.4 Å². The van der Waals surface area contributed by atoms with Crippen molar-refractivity contribution in [2.45, 2.75) is 39.0 Å². The van der Waals surface area contributed by atoms with E-state index in [1.165, 1.54) is 5.56 Å². The Labute approximate surface area is 147 Å². The molecule has 130 valence electrons. The summed E-state index contributed by atoms with van der Waals surface area (Å²) in [5.41, 5.74) is 1.19. The van der Waals surface area contributed by atoms with Crippen LogP contribution in [-0.4, -0.2) is 40.0 Å². The summed E-state index contributed by atoms with van der Waals surface area (Å²) in [7, 11) is 3.37. The van der Waals surface area contributed by atoms with E-state index < -0.39 is 0 Å². The molecule has 0 N–H and O–H groups in total. The zero-order chi connectivity index (χ0) is 17.1. The van der Waals surface area contributed by atoms with E-state index in [4.69, 9.17) is 21.7 Å². The topological polar surface area (TPSA) is 44.5 Å². The molecule has 1 aromatic carbocycles. The molecule has 0 amide bonds. The lowest BCUT2D eigenvalue weighted by Crippen LogP contribution is -2.27. The summed E-state index contributed by atoms with van der Waals surface area (Å²) in [6, 6.07) is 6.35. The molecule has 1 aromatic heterocycles. The second-order valence-electron chi connectivity index (χ2n) is 5.92. The van der Waals surface area contributed by atoms with E-state index in [1.54, 1.807) is 20.5 Å². The van der Waals surface area contributed by atoms with Crippen molar-refractivity contribution in [1.29, 1.82) is 0 Å². The Morgan fingerprint density at radius 1 is 1.29 bits per heavy atom. The molecule has 0 saturated carbocycles. The van der Waals surface area contributed by atoms with E-state index in [9.17, 15) is 0 Å². The fourth-order valence-electron chi connectivity index (χ4n) is 3.30. The maximum atomic E-state index is 5.59. The average molecular weight is 348 g/mol. The molecule has 0 radical (unpaired) electrons. The van der Waals surface area contributed by atoms with Gasteiger partial charge in [0, 0.05) is 30.8 Å². The van der Waals surface area contributed by atoms with Crippen LogP contribution in [0.1, 0.15) is 31.4 Å². The van der Waals surface area contributed by atoms with Crippen LogP contribution in [0.2, 0.25) is 0 Å². The van der Waals surface area contributed by atoms with Crippen molar-refractivity contribution in [2.24, 2.45) is 0 Å². The zero-order valence-corrected chi connectivity index (χ0v) is 15.3. The van der Waals surface area contributed by atoms with Crippen LogP contribution in [0.4, 0.5) is 0 Å². The van der Waals surface area contributed by atoms with Crippen LogP contribution < -0.4 is 9.47 Å². The number of ether oxygens (including phenoxy) is 2. The molecular formula is C17H24N4O2S. The highest BCUT2D eigenvalue weighted by Crippen LogP contribution is 2.38. The van der Waals surface area contributed by atoms with Gasteiger partial charge in [0.25, 0.3) is 0 Å². The average Bonchev–Trinajstić information content (AvgIpc) is 3.21. The molecule has 7 heteroatoms. The van der Waals surface area contributed by atoms with Crippen molar-refractivity contribution in [2.75, 3.05) is 20.8 Å². The number of hydrogen-bond acceptors (Lipinski definition) is 5. The minimum absolute atomic E-state index is 0.305. The lowest BCUT2D eigenvalue weighted by molar-refractivity contribution is 0.186. The minimum Gasteiger partial charge on any atom is -0.497 e. The molecule has 0 aliphatic carbocycles. The third-order valence-corrected chi connectivity index (χ3v) is 5.06. The lowest BCUT2D eigenvalue weighted by atomic mass is 10.0. The Morgan fingerprint density at radius 2 is 2.12 bits per heavy atom. The highest BCUT2D eigenvalue weighted by atomic mass is 32.1. The molecule has 1 fully saturated rings. The zero-order valence-electron chi connectivity index (χ0n) is 14.4. The summed E-state index contributed by atoms with van der Waals surface area (Å²) < 4.78 is 15.5. The van der Waals surface area contributed by atoms with Crippen LogP contribution in [0.25, 0.3) is 0 Å². The minimum atomic E-state index is 0.305. The van der Waals surface area contributed by atoms with Crippen LogP contribution in [0, 0.1) is 4.77 Å². The first-order valence-corrected chi connectivity index (χ1v) is 8.67. The Kier molecular flexibility index (Phi) is 5.20. The fourth-order valence-corrected chi connectivity index (χ4v) is 3.58. The smallest absolute Gasteiger partial charge is 0.198 e. The Bertz CT molecular complexity index is 755. The van der Waals surface area contributed by atoms with Gasteiger partial charge in [0.1, 0.15) is 17.8 Å². The van der Waals surface area contributed by atoms with Gasteiger partial charge >= 0.3 is 0 Å². The number of nitrogens with zero attached hydrogens (tertiary/aromatic N) is 4. The number of aryl methyl sites for hydroxylation is 1. The first-order valence-electron chi connectivity index (χ1n) is 8.26. The number of aromatic nitrogens is 3. The Hall–Kier alpha value is -1.86. The summed E-state index contributed by atoms with van der Waals surface area (Å²) in [6.07, 6.45) is 4.06. The van der Waals surface area contributed by atoms with Gasteiger partial charge in [-0.2, -0.15) is 5.10 Å². The largest absolute Gasteiger partial charge is 0.497 e. The second kappa shape index (κ2) is 7.36. The molecule has 3 rings (SSSR count). The summed E-state index contributed by atoms with van der Waals surface area (Å²) in [4.78, 5) is 2.41. The number of benzene rings is 1. The van der Waals surface area contributed by atoms with Crippen molar-refractivity contribution < 1.29 is 9.47 Å². The van der Waals surface area contributed by atoms with Crippen LogP contribution in [-0.2, 0) is 13.2 Å². The van der Waals surface area contributed by atoms with Crippen LogP contribution >= 0.6 is 12.2 Å². The molecule has 1 aliphatic rings. The highest BCUT2D eigenvalue weighted by Gasteiger charge is 2.29. The van der Waals surface area contributed by atoms with Gasteiger partial charge in [-0.1, -0.05) is 6.07 Å². The van der Waals surface area contributed by atoms with E-state index in [0.717, 1.165) is 42.2 Å². The monoisotopic (exact) mass is 348 g/mol. The normalized spacial score (nSPS) is 18.0. The van der Waals surface area contributed by atoms with Crippen LogP contribution in [0.3, 0.4) is 0 Å². The molecule has 1 atom stereocenters. The highest BCUT2D eigenvalue weighted by molar-refractivity contribution is 7.71. The molecule has 0 bridgehead atoms.